The van der Waals surface area contributed by atoms with Gasteiger partial charge in [-0.1, -0.05) is 17.7 Å². The Kier molecular flexibility index (Phi) is 5.65. The zero-order chi connectivity index (χ0) is 17.7. The molecule has 7 heteroatoms. The van der Waals surface area contributed by atoms with Crippen molar-refractivity contribution in [3.05, 3.63) is 64.7 Å². The van der Waals surface area contributed by atoms with Gasteiger partial charge in [-0.2, -0.15) is 0 Å². The van der Waals surface area contributed by atoms with Gasteiger partial charge in [-0.3, -0.25) is 9.59 Å². The molecule has 0 aliphatic carbocycles. The maximum absolute atomic E-state index is 13.5. The standard InChI is InChI=1S/C17H13ClF2N2O2/c1-10(23)21-11-5-7-13(18)16(9-11)22-17(24)8-6-12-14(19)3-2-4-15(12)20/h2-9H,1H3,(H,21,23)(H,22,24)/b8-6+. The highest BCUT2D eigenvalue weighted by Gasteiger charge is 2.08. The second-order valence-corrected chi connectivity index (χ2v) is 5.24. The van der Waals surface area contributed by atoms with Gasteiger partial charge in [-0.05, 0) is 36.4 Å². The van der Waals surface area contributed by atoms with Gasteiger partial charge in [0.05, 0.1) is 10.7 Å². The molecule has 2 amide bonds. The average molecular weight is 351 g/mol. The molecule has 2 aromatic rings. The van der Waals surface area contributed by atoms with Crippen LogP contribution in [0.1, 0.15) is 12.5 Å². The minimum Gasteiger partial charge on any atom is -0.326 e. The van der Waals surface area contributed by atoms with Crippen molar-refractivity contribution in [2.45, 2.75) is 6.92 Å². The van der Waals surface area contributed by atoms with Gasteiger partial charge in [-0.25, -0.2) is 8.78 Å². The number of carbonyl (C=O) groups excluding carboxylic acids is 2. The van der Waals surface area contributed by atoms with Gasteiger partial charge in [0.2, 0.25) is 11.8 Å². The number of amides is 2. The van der Waals surface area contributed by atoms with Crippen LogP contribution >= 0.6 is 11.6 Å². The van der Waals surface area contributed by atoms with Crippen LogP contribution in [0.15, 0.2) is 42.5 Å². The molecule has 2 N–H and O–H groups in total. The predicted molar refractivity (Wildman–Crippen MR) is 89.8 cm³/mol. The van der Waals surface area contributed by atoms with Crippen LogP contribution in [0.3, 0.4) is 0 Å². The van der Waals surface area contributed by atoms with Crippen LogP contribution in [0.2, 0.25) is 5.02 Å². The van der Waals surface area contributed by atoms with E-state index in [1.165, 1.54) is 25.1 Å². The SMILES string of the molecule is CC(=O)Nc1ccc(Cl)c(NC(=O)/C=C/c2c(F)cccc2F)c1. The van der Waals surface area contributed by atoms with Crippen LogP contribution in [0.5, 0.6) is 0 Å². The lowest BCUT2D eigenvalue weighted by Gasteiger charge is -2.08. The summed E-state index contributed by atoms with van der Waals surface area (Å²) in [6, 6.07) is 7.96. The number of carbonyl (C=O) groups is 2. The van der Waals surface area contributed by atoms with E-state index >= 15 is 0 Å². The first-order chi connectivity index (χ1) is 11.4. The maximum atomic E-state index is 13.5. The molecule has 0 atom stereocenters. The summed E-state index contributed by atoms with van der Waals surface area (Å²) in [6.07, 6.45) is 2.02. The molecule has 2 aromatic carbocycles. The van der Waals surface area contributed by atoms with E-state index < -0.39 is 17.5 Å². The molecule has 0 heterocycles. The Balaban J connectivity index is 2.15. The van der Waals surface area contributed by atoms with Gasteiger partial charge in [0.15, 0.2) is 0 Å². The molecule has 124 valence electrons. The Hall–Kier alpha value is -2.73. The molecule has 2 rings (SSSR count). The Bertz CT molecular complexity index is 802. The number of nitrogens with one attached hydrogen (secondary N) is 2. The normalized spacial score (nSPS) is 10.7. The lowest BCUT2D eigenvalue weighted by atomic mass is 10.2. The van der Waals surface area contributed by atoms with Crippen LogP contribution in [-0.4, -0.2) is 11.8 Å². The molecular formula is C17H13ClF2N2O2. The second-order valence-electron chi connectivity index (χ2n) is 4.83. The highest BCUT2D eigenvalue weighted by atomic mass is 35.5. The van der Waals surface area contributed by atoms with Crippen LogP contribution in [0.4, 0.5) is 20.2 Å². The molecule has 0 aliphatic rings. The lowest BCUT2D eigenvalue weighted by Crippen LogP contribution is -2.10. The minimum atomic E-state index is -0.773. The predicted octanol–water partition coefficient (Wildman–Crippen LogP) is 4.23. The van der Waals surface area contributed by atoms with Crippen molar-refractivity contribution >= 4 is 40.9 Å². The Morgan fingerprint density at radius 3 is 2.38 bits per heavy atom. The summed E-state index contributed by atoms with van der Waals surface area (Å²) < 4.78 is 27.0. The van der Waals surface area contributed by atoms with Gasteiger partial charge in [0.25, 0.3) is 0 Å². The van der Waals surface area contributed by atoms with E-state index in [9.17, 15) is 18.4 Å². The minimum absolute atomic E-state index is 0.253. The number of benzene rings is 2. The first-order valence-corrected chi connectivity index (χ1v) is 7.25. The zero-order valence-electron chi connectivity index (χ0n) is 12.6. The van der Waals surface area contributed by atoms with E-state index in [1.54, 1.807) is 6.07 Å². The van der Waals surface area contributed by atoms with E-state index in [-0.39, 0.29) is 22.2 Å². The zero-order valence-corrected chi connectivity index (χ0v) is 13.3. The van der Waals surface area contributed by atoms with Crippen LogP contribution in [0.25, 0.3) is 6.08 Å². The fourth-order valence-corrected chi connectivity index (χ4v) is 2.07. The molecule has 0 aromatic heterocycles. The molecule has 0 aliphatic heterocycles. The molecule has 0 saturated carbocycles. The molecule has 0 spiro atoms. The number of halogens is 3. The van der Waals surface area contributed by atoms with Crippen LogP contribution < -0.4 is 10.6 Å². The van der Waals surface area contributed by atoms with Crippen LogP contribution in [-0.2, 0) is 9.59 Å². The number of hydrogen-bond donors (Lipinski definition) is 2. The largest absolute Gasteiger partial charge is 0.326 e. The average Bonchev–Trinajstić information content (AvgIpc) is 2.49. The van der Waals surface area contributed by atoms with E-state index in [0.717, 1.165) is 24.3 Å². The highest BCUT2D eigenvalue weighted by molar-refractivity contribution is 6.34. The number of rotatable bonds is 4. The lowest BCUT2D eigenvalue weighted by molar-refractivity contribution is -0.114. The van der Waals surface area contributed by atoms with E-state index in [4.69, 9.17) is 11.6 Å². The summed E-state index contributed by atoms with van der Waals surface area (Å²) >= 11 is 5.97. The molecule has 0 bridgehead atoms. The molecule has 0 radical (unpaired) electrons. The Morgan fingerprint density at radius 1 is 1.08 bits per heavy atom. The maximum Gasteiger partial charge on any atom is 0.248 e. The first kappa shape index (κ1) is 17.6. The number of hydrogen-bond acceptors (Lipinski definition) is 2. The van der Waals surface area contributed by atoms with E-state index in [2.05, 4.69) is 10.6 Å². The van der Waals surface area contributed by atoms with Gasteiger partial charge >= 0.3 is 0 Å². The monoisotopic (exact) mass is 350 g/mol. The van der Waals surface area contributed by atoms with Crippen molar-refractivity contribution in [1.82, 2.24) is 0 Å². The topological polar surface area (TPSA) is 58.2 Å². The van der Waals surface area contributed by atoms with Gasteiger partial charge in [0.1, 0.15) is 11.6 Å². The molecule has 24 heavy (non-hydrogen) atoms. The summed E-state index contributed by atoms with van der Waals surface area (Å²) in [5, 5.41) is 5.28. The van der Waals surface area contributed by atoms with Gasteiger partial charge in [-0.15, -0.1) is 0 Å². The van der Waals surface area contributed by atoms with Gasteiger partial charge < -0.3 is 10.6 Å². The molecule has 0 unspecified atom stereocenters. The molecule has 4 nitrogen and oxygen atoms in total. The first-order valence-electron chi connectivity index (χ1n) is 6.87. The molecular weight excluding hydrogens is 338 g/mol. The second kappa shape index (κ2) is 7.70. The van der Waals surface area contributed by atoms with Crippen molar-refractivity contribution in [3.63, 3.8) is 0 Å². The third-order valence-electron chi connectivity index (χ3n) is 2.95. The molecule has 0 fully saturated rings. The fourth-order valence-electron chi connectivity index (χ4n) is 1.91. The van der Waals surface area contributed by atoms with Crippen molar-refractivity contribution in [3.8, 4) is 0 Å². The highest BCUT2D eigenvalue weighted by Crippen LogP contribution is 2.25. The molecule has 0 saturated heterocycles. The van der Waals surface area contributed by atoms with Crippen molar-refractivity contribution in [2.75, 3.05) is 10.6 Å². The summed E-state index contributed by atoms with van der Waals surface area (Å²) in [6.45, 7) is 1.35. The third kappa shape index (κ3) is 4.63. The quantitative estimate of drug-likeness (QED) is 0.811. The number of anilines is 2. The van der Waals surface area contributed by atoms with Crippen molar-refractivity contribution < 1.29 is 18.4 Å². The Labute approximate surface area is 142 Å². The van der Waals surface area contributed by atoms with Crippen LogP contribution in [0, 0.1) is 11.6 Å². The summed E-state index contributed by atoms with van der Waals surface area (Å²) in [5.41, 5.74) is 0.392. The summed E-state index contributed by atoms with van der Waals surface area (Å²) in [4.78, 5) is 22.9. The fraction of sp³-hybridized carbons (Fsp3) is 0.0588. The van der Waals surface area contributed by atoms with Crippen molar-refractivity contribution in [2.24, 2.45) is 0 Å². The van der Waals surface area contributed by atoms with E-state index in [0.29, 0.717) is 5.69 Å². The summed E-state index contributed by atoms with van der Waals surface area (Å²) in [5.74, 6) is -2.45. The smallest absolute Gasteiger partial charge is 0.248 e. The Morgan fingerprint density at radius 2 is 1.75 bits per heavy atom. The van der Waals surface area contributed by atoms with Gasteiger partial charge in [0, 0.05) is 24.3 Å². The van der Waals surface area contributed by atoms with Crippen molar-refractivity contribution in [1.29, 1.82) is 0 Å². The third-order valence-corrected chi connectivity index (χ3v) is 3.28. The van der Waals surface area contributed by atoms with E-state index in [1.807, 2.05) is 0 Å². The summed E-state index contributed by atoms with van der Waals surface area (Å²) in [7, 11) is 0.